The number of pyridine rings is 1. The zero-order chi connectivity index (χ0) is 27.7. The van der Waals surface area contributed by atoms with Gasteiger partial charge in [-0.2, -0.15) is 14.5 Å². The van der Waals surface area contributed by atoms with Crippen LogP contribution in [0, 0.1) is 5.82 Å². The molecule has 2 aromatic carbocycles. The average Bonchev–Trinajstić information content (AvgIpc) is 3.51. The van der Waals surface area contributed by atoms with Gasteiger partial charge in [0.25, 0.3) is 0 Å². The van der Waals surface area contributed by atoms with Crippen LogP contribution in [0.15, 0.2) is 85.0 Å². The van der Waals surface area contributed by atoms with E-state index < -0.39 is 9.39 Å². The molecular weight excluding hydrogens is 505 g/mol. The van der Waals surface area contributed by atoms with Crippen LogP contribution < -0.4 is 4.72 Å². The molecule has 0 aliphatic rings. The number of aromatic nitrogens is 4. The smallest absolute Gasteiger partial charge is 0.135 e. The number of fused-ring (bicyclic) bond motifs is 2. The largest absolute Gasteiger partial charge is 0.353 e. The molecule has 0 amide bonds. The highest BCUT2D eigenvalue weighted by atomic mass is 32.2. The SMILES string of the molecule is C=C/C=C(C)\C(=C/C)c1ccc2[nH]nc(-c3cc4c(-c5cc(F)cc(CNS(=C)(=C)C)c5)cccc4[nH]3)c2n1. The van der Waals surface area contributed by atoms with Crippen LogP contribution in [0.25, 0.3) is 50.0 Å². The Kier molecular flexibility index (Phi) is 7.12. The van der Waals surface area contributed by atoms with E-state index >= 15 is 0 Å². The van der Waals surface area contributed by atoms with Crippen LogP contribution in [0.3, 0.4) is 0 Å². The Hall–Kier alpha value is -4.20. The minimum Gasteiger partial charge on any atom is -0.353 e. The summed E-state index contributed by atoms with van der Waals surface area (Å²) >= 11 is 0. The zero-order valence-corrected chi connectivity index (χ0v) is 23.3. The predicted molar refractivity (Wildman–Crippen MR) is 169 cm³/mol. The van der Waals surface area contributed by atoms with Gasteiger partial charge in [0.15, 0.2) is 0 Å². The Labute approximate surface area is 228 Å². The monoisotopic (exact) mass is 537 g/mol. The van der Waals surface area contributed by atoms with Crippen molar-refractivity contribution in [3.05, 3.63) is 102 Å². The fourth-order valence-electron chi connectivity index (χ4n) is 4.78. The molecule has 5 aromatic rings. The molecule has 0 bridgehead atoms. The quantitative estimate of drug-likeness (QED) is 0.140. The van der Waals surface area contributed by atoms with E-state index in [0.717, 1.165) is 66.9 Å². The lowest BCUT2D eigenvalue weighted by molar-refractivity contribution is 0.625. The number of halogens is 1. The highest BCUT2D eigenvalue weighted by molar-refractivity contribution is 8.25. The number of rotatable bonds is 8. The molecule has 0 saturated heterocycles. The van der Waals surface area contributed by atoms with Crippen LogP contribution in [0.5, 0.6) is 0 Å². The molecule has 0 atom stereocenters. The van der Waals surface area contributed by atoms with Gasteiger partial charge in [0.2, 0.25) is 0 Å². The Morgan fingerprint density at radius 1 is 1.10 bits per heavy atom. The van der Waals surface area contributed by atoms with Crippen molar-refractivity contribution < 1.29 is 4.39 Å². The van der Waals surface area contributed by atoms with Crippen LogP contribution in [-0.4, -0.2) is 38.2 Å². The summed E-state index contributed by atoms with van der Waals surface area (Å²) in [6, 6.07) is 17.2. The zero-order valence-electron chi connectivity index (χ0n) is 22.4. The number of nitrogens with one attached hydrogen (secondary N) is 3. The third-order valence-corrected chi connectivity index (χ3v) is 7.42. The lowest BCUT2D eigenvalue weighted by atomic mass is 9.99. The highest BCUT2D eigenvalue weighted by Gasteiger charge is 2.16. The van der Waals surface area contributed by atoms with Crippen molar-refractivity contribution in [1.82, 2.24) is 24.9 Å². The minimum atomic E-state index is -1.41. The second-order valence-electron chi connectivity index (χ2n) is 9.85. The molecule has 3 aromatic heterocycles. The molecule has 3 heterocycles. The van der Waals surface area contributed by atoms with Crippen molar-refractivity contribution in [2.24, 2.45) is 0 Å². The third-order valence-electron chi connectivity index (χ3n) is 6.58. The number of allylic oxidation sites excluding steroid dienone is 5. The number of H-pyrrole nitrogens is 2. The molecule has 0 spiro atoms. The molecule has 0 aliphatic heterocycles. The Balaban J connectivity index is 1.59. The molecule has 0 fully saturated rings. The number of nitrogens with zero attached hydrogens (tertiary/aromatic N) is 2. The van der Waals surface area contributed by atoms with Gasteiger partial charge in [-0.15, -0.1) is 0 Å². The van der Waals surface area contributed by atoms with Crippen LogP contribution in [-0.2, 0) is 6.54 Å². The number of aromatic amines is 2. The third kappa shape index (κ3) is 5.50. The van der Waals surface area contributed by atoms with Crippen molar-refractivity contribution in [2.45, 2.75) is 20.4 Å². The first-order valence-corrected chi connectivity index (χ1v) is 15.0. The van der Waals surface area contributed by atoms with E-state index in [4.69, 9.17) is 4.98 Å². The summed E-state index contributed by atoms with van der Waals surface area (Å²) in [5, 5.41) is 8.69. The van der Waals surface area contributed by atoms with Crippen LogP contribution in [0.4, 0.5) is 4.39 Å². The summed E-state index contributed by atoms with van der Waals surface area (Å²) in [4.78, 5) is 8.48. The van der Waals surface area contributed by atoms with Crippen LogP contribution in [0.1, 0.15) is 25.1 Å². The first-order chi connectivity index (χ1) is 18.7. The van der Waals surface area contributed by atoms with Crippen LogP contribution in [0.2, 0.25) is 0 Å². The van der Waals surface area contributed by atoms with E-state index in [1.54, 1.807) is 18.2 Å². The van der Waals surface area contributed by atoms with E-state index in [2.05, 4.69) is 50.4 Å². The molecule has 0 saturated carbocycles. The van der Waals surface area contributed by atoms with Gasteiger partial charge in [-0.3, -0.25) is 9.82 Å². The van der Waals surface area contributed by atoms with Gasteiger partial charge in [0.1, 0.15) is 17.0 Å². The first kappa shape index (κ1) is 26.4. The summed E-state index contributed by atoms with van der Waals surface area (Å²) in [6.07, 6.45) is 7.77. The molecule has 5 nitrogen and oxygen atoms in total. The molecule has 5 rings (SSSR count). The van der Waals surface area contributed by atoms with Gasteiger partial charge >= 0.3 is 0 Å². The van der Waals surface area contributed by atoms with Crippen molar-refractivity contribution in [3.8, 4) is 22.5 Å². The number of hydrogen-bond acceptors (Lipinski definition) is 3. The second kappa shape index (κ2) is 10.5. The fraction of sp³-hybridized carbons (Fsp3) is 0.125. The molecule has 198 valence electrons. The first-order valence-electron chi connectivity index (χ1n) is 12.6. The van der Waals surface area contributed by atoms with Gasteiger partial charge in [-0.25, -0.2) is 9.37 Å². The molecule has 0 aliphatic carbocycles. The lowest BCUT2D eigenvalue weighted by Crippen LogP contribution is -2.08. The maximum absolute atomic E-state index is 14.7. The Bertz CT molecular complexity index is 1890. The molecule has 0 radical (unpaired) electrons. The summed E-state index contributed by atoms with van der Waals surface area (Å²) in [6.45, 7) is 8.36. The summed E-state index contributed by atoms with van der Waals surface area (Å²) < 4.78 is 18.0. The average molecular weight is 538 g/mol. The van der Waals surface area contributed by atoms with Crippen molar-refractivity contribution >= 4 is 48.6 Å². The summed E-state index contributed by atoms with van der Waals surface area (Å²) in [7, 11) is -1.41. The van der Waals surface area contributed by atoms with Crippen molar-refractivity contribution in [2.75, 3.05) is 6.26 Å². The molecule has 7 heteroatoms. The summed E-state index contributed by atoms with van der Waals surface area (Å²) in [5.41, 5.74) is 9.70. The van der Waals surface area contributed by atoms with Gasteiger partial charge in [-0.05, 0) is 90.4 Å². The maximum Gasteiger partial charge on any atom is 0.135 e. The highest BCUT2D eigenvalue weighted by Crippen LogP contribution is 2.35. The van der Waals surface area contributed by atoms with E-state index in [-0.39, 0.29) is 5.82 Å². The second-order valence-corrected chi connectivity index (χ2v) is 12.7. The minimum absolute atomic E-state index is 0.280. The number of hydrogen-bond donors (Lipinski definition) is 3. The van der Waals surface area contributed by atoms with Crippen molar-refractivity contribution in [3.63, 3.8) is 0 Å². The van der Waals surface area contributed by atoms with Gasteiger partial charge in [-0.1, -0.05) is 48.7 Å². The van der Waals surface area contributed by atoms with Crippen LogP contribution >= 0.6 is 9.39 Å². The van der Waals surface area contributed by atoms with E-state index in [1.807, 2.05) is 62.6 Å². The van der Waals surface area contributed by atoms with Gasteiger partial charge in [0, 0.05) is 17.4 Å². The van der Waals surface area contributed by atoms with Gasteiger partial charge in [0.05, 0.1) is 16.9 Å². The molecular formula is C32H32FN5S. The number of benzene rings is 2. The fourth-order valence-corrected chi connectivity index (χ4v) is 5.30. The topological polar surface area (TPSA) is 69.4 Å². The van der Waals surface area contributed by atoms with E-state index in [9.17, 15) is 4.39 Å². The van der Waals surface area contributed by atoms with Crippen molar-refractivity contribution in [1.29, 1.82) is 0 Å². The Morgan fingerprint density at radius 3 is 2.67 bits per heavy atom. The molecule has 0 unspecified atom stereocenters. The maximum atomic E-state index is 14.7. The Morgan fingerprint density at radius 2 is 1.92 bits per heavy atom. The van der Waals surface area contributed by atoms with E-state index in [0.29, 0.717) is 6.54 Å². The summed E-state index contributed by atoms with van der Waals surface area (Å²) in [5.74, 6) is 7.83. The molecule has 39 heavy (non-hydrogen) atoms. The van der Waals surface area contributed by atoms with Gasteiger partial charge < -0.3 is 4.98 Å². The molecule has 3 N–H and O–H groups in total. The lowest BCUT2D eigenvalue weighted by Gasteiger charge is -2.12. The predicted octanol–water partition coefficient (Wildman–Crippen LogP) is 7.75. The van der Waals surface area contributed by atoms with E-state index in [1.165, 1.54) is 0 Å². The standard InChI is InChI=1S/C32H32FN5S/c1-7-10-20(3)24(8-2)28-13-14-29-31(36-28)32(38-37-29)30-18-26-25(11-9-12-27(26)35-30)22-15-21(16-23(33)17-22)19-34-39(4,5)6/h7-18,34-35H,1,4-5,19H2,2-3,6H3,(H,37,38)/b20-10-,24-8+. The normalized spacial score (nSPS) is 12.9.